The normalized spacial score (nSPS) is 15.9. The van der Waals surface area contributed by atoms with Gasteiger partial charge in [-0.1, -0.05) is 12.1 Å². The molecule has 24 heavy (non-hydrogen) atoms. The molecule has 1 aliphatic heterocycles. The van der Waals surface area contributed by atoms with Crippen LogP contribution in [-0.4, -0.2) is 26.0 Å². The molecule has 0 atom stereocenters. The Bertz CT molecular complexity index is 791. The Morgan fingerprint density at radius 1 is 0.875 bits per heavy atom. The van der Waals surface area contributed by atoms with Gasteiger partial charge < -0.3 is 9.47 Å². The molecule has 0 N–H and O–H groups in total. The van der Waals surface area contributed by atoms with Crippen molar-refractivity contribution in [3.63, 3.8) is 0 Å². The zero-order valence-corrected chi connectivity index (χ0v) is 13.5. The summed E-state index contributed by atoms with van der Waals surface area (Å²) in [6.07, 6.45) is 1.83. The number of nitrogens with zero attached hydrogens (tertiary/aromatic N) is 1. The number of carbonyl (C=O) groups is 2. The molecule has 3 rings (SSSR count). The number of methoxy groups -OCH3 is 2. The maximum atomic E-state index is 12.6. The van der Waals surface area contributed by atoms with Gasteiger partial charge in [-0.15, -0.1) is 0 Å². The quantitative estimate of drug-likeness (QED) is 0.641. The molecule has 1 fully saturated rings. The molecule has 5 nitrogen and oxygen atoms in total. The van der Waals surface area contributed by atoms with E-state index in [-0.39, 0.29) is 18.2 Å². The van der Waals surface area contributed by atoms with Crippen LogP contribution in [0.15, 0.2) is 54.1 Å². The largest absolute Gasteiger partial charge is 0.497 e. The topological polar surface area (TPSA) is 55.8 Å². The van der Waals surface area contributed by atoms with E-state index in [1.165, 1.54) is 4.90 Å². The Morgan fingerprint density at radius 3 is 1.96 bits per heavy atom. The molecule has 0 radical (unpaired) electrons. The smallest absolute Gasteiger partial charge is 0.261 e. The minimum Gasteiger partial charge on any atom is -0.497 e. The zero-order chi connectivity index (χ0) is 17.1. The first kappa shape index (κ1) is 15.8. The van der Waals surface area contributed by atoms with Crippen molar-refractivity contribution in [3.8, 4) is 11.5 Å². The van der Waals surface area contributed by atoms with Crippen LogP contribution >= 0.6 is 0 Å². The second-order valence-corrected chi connectivity index (χ2v) is 5.35. The maximum absolute atomic E-state index is 12.6. The number of carbonyl (C=O) groups excluding carboxylic acids is 2. The third-order valence-corrected chi connectivity index (χ3v) is 3.86. The fourth-order valence-corrected chi connectivity index (χ4v) is 2.58. The number of anilines is 1. The van der Waals surface area contributed by atoms with Crippen molar-refractivity contribution in [3.05, 3.63) is 59.7 Å². The Hall–Kier alpha value is -3.08. The predicted molar refractivity (Wildman–Crippen MR) is 91.1 cm³/mol. The molecule has 2 amide bonds. The van der Waals surface area contributed by atoms with Crippen LogP contribution in [-0.2, 0) is 9.59 Å². The first-order valence-electron chi connectivity index (χ1n) is 7.48. The van der Waals surface area contributed by atoms with Crippen molar-refractivity contribution in [2.75, 3.05) is 19.1 Å². The molecule has 0 spiro atoms. The molecule has 0 saturated carbocycles. The molecular formula is C19H17NO4. The van der Waals surface area contributed by atoms with Crippen molar-refractivity contribution < 1.29 is 19.1 Å². The Kier molecular flexibility index (Phi) is 4.33. The number of imide groups is 1. The van der Waals surface area contributed by atoms with Gasteiger partial charge in [-0.2, -0.15) is 0 Å². The minimum atomic E-state index is -0.291. The van der Waals surface area contributed by atoms with Gasteiger partial charge in [-0.25, -0.2) is 4.90 Å². The molecule has 5 heteroatoms. The van der Waals surface area contributed by atoms with Crippen LogP contribution < -0.4 is 14.4 Å². The monoisotopic (exact) mass is 323 g/mol. The summed E-state index contributed by atoms with van der Waals surface area (Å²) in [7, 11) is 3.16. The predicted octanol–water partition coefficient (Wildman–Crippen LogP) is 3.05. The van der Waals surface area contributed by atoms with Gasteiger partial charge in [0.05, 0.1) is 26.3 Å². The van der Waals surface area contributed by atoms with Gasteiger partial charge in [-0.3, -0.25) is 9.59 Å². The van der Waals surface area contributed by atoms with E-state index in [2.05, 4.69) is 0 Å². The van der Waals surface area contributed by atoms with Crippen molar-refractivity contribution in [2.24, 2.45) is 0 Å². The highest BCUT2D eigenvalue weighted by Gasteiger charge is 2.34. The van der Waals surface area contributed by atoms with E-state index < -0.39 is 0 Å². The van der Waals surface area contributed by atoms with Gasteiger partial charge in [0, 0.05) is 5.57 Å². The van der Waals surface area contributed by atoms with Crippen LogP contribution in [0, 0.1) is 0 Å². The van der Waals surface area contributed by atoms with Crippen LogP contribution in [0.5, 0.6) is 11.5 Å². The van der Waals surface area contributed by atoms with Crippen LogP contribution in [0.25, 0.3) is 6.08 Å². The summed E-state index contributed by atoms with van der Waals surface area (Å²) >= 11 is 0. The van der Waals surface area contributed by atoms with Crippen molar-refractivity contribution >= 4 is 23.6 Å². The molecule has 0 aliphatic carbocycles. The number of hydrogen-bond acceptors (Lipinski definition) is 4. The lowest BCUT2D eigenvalue weighted by atomic mass is 10.1. The molecule has 1 aliphatic rings. The second kappa shape index (κ2) is 6.58. The fraction of sp³-hybridized carbons (Fsp3) is 0.158. The van der Waals surface area contributed by atoms with Crippen molar-refractivity contribution in [1.82, 2.24) is 0 Å². The molecule has 1 heterocycles. The molecule has 0 unspecified atom stereocenters. The summed E-state index contributed by atoms with van der Waals surface area (Å²) in [5.41, 5.74) is 1.87. The van der Waals surface area contributed by atoms with Crippen molar-refractivity contribution in [2.45, 2.75) is 6.42 Å². The van der Waals surface area contributed by atoms with Gasteiger partial charge in [-0.05, 0) is 48.0 Å². The van der Waals surface area contributed by atoms with E-state index in [1.54, 1.807) is 44.6 Å². The number of benzene rings is 2. The van der Waals surface area contributed by atoms with Gasteiger partial charge in [0.2, 0.25) is 5.91 Å². The average Bonchev–Trinajstić information content (AvgIpc) is 2.89. The molecule has 2 aromatic rings. The van der Waals surface area contributed by atoms with Crippen LogP contribution in [0.1, 0.15) is 12.0 Å². The Labute approximate surface area is 140 Å². The molecular weight excluding hydrogens is 306 g/mol. The number of ether oxygens (including phenoxy) is 2. The summed E-state index contributed by atoms with van der Waals surface area (Å²) in [4.78, 5) is 26.0. The fourth-order valence-electron chi connectivity index (χ4n) is 2.58. The summed E-state index contributed by atoms with van der Waals surface area (Å²) in [5.74, 6) is 0.892. The summed E-state index contributed by atoms with van der Waals surface area (Å²) in [6.45, 7) is 0. The van der Waals surface area contributed by atoms with E-state index in [4.69, 9.17) is 9.47 Å². The molecule has 0 bridgehead atoms. The number of rotatable bonds is 4. The van der Waals surface area contributed by atoms with E-state index in [1.807, 2.05) is 24.3 Å². The van der Waals surface area contributed by atoms with E-state index >= 15 is 0 Å². The first-order valence-corrected chi connectivity index (χ1v) is 7.48. The van der Waals surface area contributed by atoms with Crippen molar-refractivity contribution in [1.29, 1.82) is 0 Å². The standard InChI is InChI=1S/C19H17NO4/c1-23-16-7-3-13(4-8-16)11-14-12-18(21)20(19(14)22)15-5-9-17(24-2)10-6-15/h3-11H,12H2,1-2H3/b14-11+. The third-order valence-electron chi connectivity index (χ3n) is 3.86. The summed E-state index contributed by atoms with van der Waals surface area (Å²) in [5, 5.41) is 0. The lowest BCUT2D eigenvalue weighted by molar-refractivity contribution is -0.120. The molecule has 1 saturated heterocycles. The Balaban J connectivity index is 1.85. The van der Waals surface area contributed by atoms with Gasteiger partial charge >= 0.3 is 0 Å². The molecule has 2 aromatic carbocycles. The molecule has 122 valence electrons. The third kappa shape index (κ3) is 3.01. The zero-order valence-electron chi connectivity index (χ0n) is 13.5. The highest BCUT2D eigenvalue weighted by atomic mass is 16.5. The Morgan fingerprint density at radius 2 is 1.42 bits per heavy atom. The van der Waals surface area contributed by atoms with Crippen LogP contribution in [0.3, 0.4) is 0 Å². The van der Waals surface area contributed by atoms with Gasteiger partial charge in [0.15, 0.2) is 0 Å². The highest BCUT2D eigenvalue weighted by Crippen LogP contribution is 2.29. The lowest BCUT2D eigenvalue weighted by Gasteiger charge is -2.13. The average molecular weight is 323 g/mol. The van der Waals surface area contributed by atoms with E-state index in [0.717, 1.165) is 11.3 Å². The second-order valence-electron chi connectivity index (χ2n) is 5.35. The summed E-state index contributed by atoms with van der Waals surface area (Å²) in [6, 6.07) is 14.2. The van der Waals surface area contributed by atoms with Gasteiger partial charge in [0.25, 0.3) is 5.91 Å². The molecule has 0 aromatic heterocycles. The lowest BCUT2D eigenvalue weighted by Crippen LogP contribution is -2.28. The number of amides is 2. The highest BCUT2D eigenvalue weighted by molar-refractivity contribution is 6.29. The maximum Gasteiger partial charge on any atom is 0.261 e. The minimum absolute atomic E-state index is 0.0941. The first-order chi connectivity index (χ1) is 11.6. The van der Waals surface area contributed by atoms with Gasteiger partial charge in [0.1, 0.15) is 11.5 Å². The van der Waals surface area contributed by atoms with Crippen LogP contribution in [0.4, 0.5) is 5.69 Å². The summed E-state index contributed by atoms with van der Waals surface area (Å²) < 4.78 is 10.2. The number of hydrogen-bond donors (Lipinski definition) is 0. The van der Waals surface area contributed by atoms with Crippen LogP contribution in [0.2, 0.25) is 0 Å². The van der Waals surface area contributed by atoms with E-state index in [0.29, 0.717) is 17.0 Å². The van der Waals surface area contributed by atoms with E-state index in [9.17, 15) is 9.59 Å². The SMILES string of the molecule is COc1ccc(/C=C2\CC(=O)N(c3ccc(OC)cc3)C2=O)cc1.